The van der Waals surface area contributed by atoms with Crippen molar-refractivity contribution in [2.45, 2.75) is 24.7 Å². The summed E-state index contributed by atoms with van der Waals surface area (Å²) in [5, 5.41) is 0. The predicted octanol–water partition coefficient (Wildman–Crippen LogP) is 3.20. The van der Waals surface area contributed by atoms with E-state index < -0.39 is 26.6 Å². The van der Waals surface area contributed by atoms with Gasteiger partial charge >= 0.3 is 0 Å². The summed E-state index contributed by atoms with van der Waals surface area (Å²) in [6.07, 6.45) is 2.93. The fraction of sp³-hybridized carbons (Fsp3) is 0.286. The molecule has 1 aliphatic heterocycles. The molecule has 0 unspecified atom stereocenters. The summed E-state index contributed by atoms with van der Waals surface area (Å²) in [5.41, 5.74) is 2.84. The topological polar surface area (TPSA) is 75.7 Å². The van der Waals surface area contributed by atoms with Gasteiger partial charge in [0.2, 0.25) is 10.0 Å². The van der Waals surface area contributed by atoms with E-state index in [-0.39, 0.29) is 12.1 Å². The maximum atomic E-state index is 14.2. The number of carbonyl (C=O) groups excluding carboxylic acids is 1. The van der Waals surface area contributed by atoms with Crippen molar-refractivity contribution in [2.24, 2.45) is 0 Å². The highest BCUT2D eigenvalue weighted by atomic mass is 32.2. The molecule has 1 aliphatic rings. The van der Waals surface area contributed by atoms with E-state index in [1.54, 1.807) is 11.0 Å². The van der Waals surface area contributed by atoms with Crippen LogP contribution in [-0.4, -0.2) is 34.5 Å². The number of carbonyl (C=O) groups is 1. The van der Waals surface area contributed by atoms with Crippen molar-refractivity contribution in [1.82, 2.24) is 4.72 Å². The largest absolute Gasteiger partial charge is 0.495 e. The van der Waals surface area contributed by atoms with Crippen LogP contribution in [0.3, 0.4) is 0 Å². The molecular formula is C21H23FN2O4S. The van der Waals surface area contributed by atoms with E-state index in [4.69, 9.17) is 4.74 Å². The average molecular weight is 418 g/mol. The van der Waals surface area contributed by atoms with Crippen LogP contribution in [0.1, 0.15) is 27.9 Å². The zero-order chi connectivity index (χ0) is 21.2. The fourth-order valence-corrected chi connectivity index (χ4v) is 4.56. The molecule has 0 bridgehead atoms. The monoisotopic (exact) mass is 418 g/mol. The molecule has 29 heavy (non-hydrogen) atoms. The molecule has 0 spiro atoms. The number of nitrogens with one attached hydrogen (secondary N) is 1. The van der Waals surface area contributed by atoms with E-state index in [2.05, 4.69) is 11.3 Å². The number of nitrogens with zero attached hydrogens (tertiary/aromatic N) is 1. The smallest absolute Gasteiger partial charge is 0.258 e. The Labute approximate surface area is 170 Å². The van der Waals surface area contributed by atoms with Gasteiger partial charge in [-0.2, -0.15) is 0 Å². The van der Waals surface area contributed by atoms with Crippen LogP contribution in [0.25, 0.3) is 0 Å². The van der Waals surface area contributed by atoms with Crippen LogP contribution >= 0.6 is 0 Å². The summed E-state index contributed by atoms with van der Waals surface area (Å²) >= 11 is 0. The standard InChI is InChI=1S/C21H23FN2O4S/c1-4-11-23-29(26,27)19-13-15(8-9-17(19)22)21(25)24-12-5-6-16-14(2)7-10-18(28-3)20(16)24/h4,7-10,13,23H,1,5-6,11-12H2,2-3H3. The number of aryl methyl sites for hydroxylation is 1. The van der Waals surface area contributed by atoms with Gasteiger partial charge in [0, 0.05) is 18.7 Å². The molecule has 6 nitrogen and oxygen atoms in total. The summed E-state index contributed by atoms with van der Waals surface area (Å²) < 4.78 is 46.6. The molecule has 3 rings (SSSR count). The summed E-state index contributed by atoms with van der Waals surface area (Å²) in [5.74, 6) is -0.762. The zero-order valence-corrected chi connectivity index (χ0v) is 17.2. The summed E-state index contributed by atoms with van der Waals surface area (Å²) in [6.45, 7) is 5.82. The first kappa shape index (κ1) is 21.0. The Bertz CT molecular complexity index is 1070. The Morgan fingerprint density at radius 3 is 2.79 bits per heavy atom. The maximum absolute atomic E-state index is 14.2. The minimum absolute atomic E-state index is 0.0457. The Kier molecular flexibility index (Phi) is 6.04. The highest BCUT2D eigenvalue weighted by Gasteiger charge is 2.29. The third kappa shape index (κ3) is 4.04. The van der Waals surface area contributed by atoms with Crippen molar-refractivity contribution >= 4 is 21.6 Å². The molecule has 0 fully saturated rings. The van der Waals surface area contributed by atoms with Gasteiger partial charge in [-0.25, -0.2) is 17.5 Å². The molecule has 8 heteroatoms. The molecule has 0 saturated carbocycles. The highest BCUT2D eigenvalue weighted by Crippen LogP contribution is 2.39. The molecule has 0 aromatic heterocycles. The second-order valence-electron chi connectivity index (χ2n) is 6.76. The van der Waals surface area contributed by atoms with Gasteiger partial charge in [-0.3, -0.25) is 4.79 Å². The summed E-state index contributed by atoms with van der Waals surface area (Å²) in [6, 6.07) is 7.10. The number of amides is 1. The molecule has 154 valence electrons. The highest BCUT2D eigenvalue weighted by molar-refractivity contribution is 7.89. The van der Waals surface area contributed by atoms with Crippen LogP contribution in [0.5, 0.6) is 5.75 Å². The number of sulfonamides is 1. The number of ether oxygens (including phenoxy) is 1. The lowest BCUT2D eigenvalue weighted by atomic mass is 9.95. The average Bonchev–Trinajstić information content (AvgIpc) is 2.72. The van der Waals surface area contributed by atoms with Gasteiger partial charge < -0.3 is 9.64 Å². The van der Waals surface area contributed by atoms with Crippen LogP contribution in [0.2, 0.25) is 0 Å². The van der Waals surface area contributed by atoms with E-state index in [0.29, 0.717) is 18.0 Å². The van der Waals surface area contributed by atoms with Crippen LogP contribution in [0.15, 0.2) is 47.9 Å². The van der Waals surface area contributed by atoms with Crippen molar-refractivity contribution in [2.75, 3.05) is 25.1 Å². The first-order chi connectivity index (χ1) is 13.8. The minimum Gasteiger partial charge on any atom is -0.495 e. The molecule has 0 atom stereocenters. The van der Waals surface area contributed by atoms with Crippen molar-refractivity contribution in [1.29, 1.82) is 0 Å². The Hall–Kier alpha value is -2.71. The SMILES string of the molecule is C=CCNS(=O)(=O)c1cc(C(=O)N2CCCc3c(C)ccc(OC)c32)ccc1F. The molecule has 1 N–H and O–H groups in total. The van der Waals surface area contributed by atoms with Crippen molar-refractivity contribution in [3.05, 3.63) is 65.5 Å². The van der Waals surface area contributed by atoms with Crippen molar-refractivity contribution in [3.8, 4) is 5.75 Å². The number of halogens is 1. The Morgan fingerprint density at radius 2 is 2.10 bits per heavy atom. The number of hydrogen-bond acceptors (Lipinski definition) is 4. The van der Waals surface area contributed by atoms with Gasteiger partial charge in [0.25, 0.3) is 5.91 Å². The van der Waals surface area contributed by atoms with E-state index in [1.807, 2.05) is 13.0 Å². The molecular weight excluding hydrogens is 395 g/mol. The van der Waals surface area contributed by atoms with Crippen LogP contribution < -0.4 is 14.4 Å². The normalized spacial score (nSPS) is 13.7. The summed E-state index contributed by atoms with van der Waals surface area (Å²) in [7, 11) is -2.57. The number of benzene rings is 2. The van der Waals surface area contributed by atoms with E-state index in [1.165, 1.54) is 19.3 Å². The van der Waals surface area contributed by atoms with Crippen LogP contribution in [0.4, 0.5) is 10.1 Å². The van der Waals surface area contributed by atoms with Crippen molar-refractivity contribution < 1.29 is 22.3 Å². The van der Waals surface area contributed by atoms with Gasteiger partial charge in [-0.05, 0) is 55.2 Å². The maximum Gasteiger partial charge on any atom is 0.258 e. The minimum atomic E-state index is -4.11. The third-order valence-corrected chi connectivity index (χ3v) is 6.35. The lowest BCUT2D eigenvalue weighted by Crippen LogP contribution is -2.36. The number of methoxy groups -OCH3 is 1. The van der Waals surface area contributed by atoms with E-state index in [9.17, 15) is 17.6 Å². The Morgan fingerprint density at radius 1 is 1.34 bits per heavy atom. The molecule has 1 heterocycles. The van der Waals surface area contributed by atoms with Gasteiger partial charge in [0.05, 0.1) is 12.8 Å². The van der Waals surface area contributed by atoms with Crippen LogP contribution in [0, 0.1) is 12.7 Å². The van der Waals surface area contributed by atoms with E-state index in [0.717, 1.165) is 36.1 Å². The first-order valence-electron chi connectivity index (χ1n) is 9.18. The van der Waals surface area contributed by atoms with E-state index >= 15 is 0 Å². The Balaban J connectivity index is 2.05. The van der Waals surface area contributed by atoms with Gasteiger partial charge in [-0.15, -0.1) is 6.58 Å². The predicted molar refractivity (Wildman–Crippen MR) is 110 cm³/mol. The molecule has 2 aromatic rings. The van der Waals surface area contributed by atoms with Gasteiger partial charge in [0.1, 0.15) is 16.5 Å². The second-order valence-corrected chi connectivity index (χ2v) is 8.49. The van der Waals surface area contributed by atoms with Gasteiger partial charge in [-0.1, -0.05) is 12.1 Å². The van der Waals surface area contributed by atoms with Crippen molar-refractivity contribution in [3.63, 3.8) is 0 Å². The molecule has 0 saturated heterocycles. The number of hydrogen-bond donors (Lipinski definition) is 1. The lowest BCUT2D eigenvalue weighted by molar-refractivity contribution is 0.0984. The molecule has 1 amide bonds. The molecule has 0 radical (unpaired) electrons. The lowest BCUT2D eigenvalue weighted by Gasteiger charge is -2.32. The zero-order valence-electron chi connectivity index (χ0n) is 16.4. The van der Waals surface area contributed by atoms with Gasteiger partial charge in [0.15, 0.2) is 0 Å². The summed E-state index contributed by atoms with van der Waals surface area (Å²) in [4.78, 5) is 14.3. The second kappa shape index (κ2) is 8.34. The quantitative estimate of drug-likeness (QED) is 0.731. The third-order valence-electron chi connectivity index (χ3n) is 4.91. The molecule has 2 aromatic carbocycles. The number of anilines is 1. The fourth-order valence-electron chi connectivity index (χ4n) is 3.47. The number of fused-ring (bicyclic) bond motifs is 1. The first-order valence-corrected chi connectivity index (χ1v) is 10.7. The molecule has 0 aliphatic carbocycles. The number of rotatable bonds is 6. The van der Waals surface area contributed by atoms with Crippen LogP contribution in [-0.2, 0) is 16.4 Å².